The second-order valence-electron chi connectivity index (χ2n) is 10.4. The zero-order valence-corrected chi connectivity index (χ0v) is 18.7. The number of β-amino-alcohol motifs (C(OH)–C–C–N with tert-alkyl or cyclic N) is 1. The summed E-state index contributed by atoms with van der Waals surface area (Å²) in [5, 5.41) is 15.1. The van der Waals surface area contributed by atoms with Crippen molar-refractivity contribution >= 4 is 5.71 Å². The fourth-order valence-corrected chi connectivity index (χ4v) is 6.17. The molecular formula is C23H41N3O3. The van der Waals surface area contributed by atoms with Crippen LogP contribution in [0.3, 0.4) is 0 Å². The van der Waals surface area contributed by atoms with E-state index < -0.39 is 6.10 Å². The van der Waals surface area contributed by atoms with Gasteiger partial charge in [0.1, 0.15) is 24.0 Å². The molecule has 1 unspecified atom stereocenters. The number of hydrogen-bond donors (Lipinski definition) is 1. The second kappa shape index (κ2) is 8.81. The molecule has 5 fully saturated rings. The Hall–Kier alpha value is -0.690. The highest BCUT2D eigenvalue weighted by Gasteiger charge is 2.59. The standard InChI is InChI=1S/C23H41N3O3/c1-22(2)19-10-11-23(3,29-22)21(20(19)26-14-8-5-9-15-26)24-28-17-18(27)16-25-12-6-4-7-13-25/h18-20,27H,4-17H2,1-3H3/b24-21-/t18?,19-,20+,23+/m1/s1. The van der Waals surface area contributed by atoms with Gasteiger partial charge in [0.2, 0.25) is 0 Å². The summed E-state index contributed by atoms with van der Waals surface area (Å²) >= 11 is 0. The molecule has 0 amide bonds. The van der Waals surface area contributed by atoms with Gasteiger partial charge in [0.15, 0.2) is 0 Å². The van der Waals surface area contributed by atoms with E-state index in [1.807, 2.05) is 0 Å². The molecule has 1 aliphatic carbocycles. The Labute approximate surface area is 176 Å². The molecule has 6 nitrogen and oxygen atoms in total. The minimum absolute atomic E-state index is 0.137. The summed E-state index contributed by atoms with van der Waals surface area (Å²) in [4.78, 5) is 10.8. The molecule has 4 saturated heterocycles. The molecule has 4 heterocycles. The Bertz CT molecular complexity index is 584. The summed E-state index contributed by atoms with van der Waals surface area (Å²) in [6.07, 6.45) is 9.35. The number of piperidine rings is 2. The van der Waals surface area contributed by atoms with Gasteiger partial charge in [0, 0.05) is 12.5 Å². The van der Waals surface area contributed by atoms with Crippen molar-refractivity contribution in [2.24, 2.45) is 11.1 Å². The average molecular weight is 408 g/mol. The average Bonchev–Trinajstić information content (AvgIpc) is 2.69. The maximum atomic E-state index is 10.4. The SMILES string of the molecule is CC1(C)O[C@@]2(C)CC[C@@H]1[C@H](N1CCCCC1)/C2=N/OCC(O)CN1CCCCC1. The Morgan fingerprint density at radius 2 is 1.72 bits per heavy atom. The van der Waals surface area contributed by atoms with E-state index in [4.69, 9.17) is 9.57 Å². The van der Waals surface area contributed by atoms with E-state index in [-0.39, 0.29) is 17.8 Å². The molecule has 0 radical (unpaired) electrons. The molecule has 29 heavy (non-hydrogen) atoms. The molecule has 0 spiro atoms. The largest absolute Gasteiger partial charge is 0.393 e. The van der Waals surface area contributed by atoms with Crippen LogP contribution >= 0.6 is 0 Å². The van der Waals surface area contributed by atoms with E-state index in [9.17, 15) is 5.11 Å². The third-order valence-corrected chi connectivity index (χ3v) is 7.65. The van der Waals surface area contributed by atoms with Crippen LogP contribution in [0.5, 0.6) is 0 Å². The van der Waals surface area contributed by atoms with Crippen molar-refractivity contribution in [2.75, 3.05) is 39.3 Å². The maximum absolute atomic E-state index is 10.4. The van der Waals surface area contributed by atoms with Crippen LogP contribution in [0.15, 0.2) is 5.16 Å². The third kappa shape index (κ3) is 4.65. The topological polar surface area (TPSA) is 57.5 Å². The van der Waals surface area contributed by atoms with Gasteiger partial charge in [-0.2, -0.15) is 0 Å². The molecule has 0 aromatic rings. The molecule has 5 rings (SSSR count). The molecule has 4 atom stereocenters. The highest BCUT2D eigenvalue weighted by Crippen LogP contribution is 2.50. The molecule has 4 aliphatic heterocycles. The monoisotopic (exact) mass is 407 g/mol. The zero-order chi connectivity index (χ0) is 20.5. The number of aliphatic hydroxyl groups excluding tert-OH is 1. The van der Waals surface area contributed by atoms with Crippen LogP contribution in [0.4, 0.5) is 0 Å². The van der Waals surface area contributed by atoms with Gasteiger partial charge in [0.25, 0.3) is 0 Å². The van der Waals surface area contributed by atoms with Crippen LogP contribution in [0, 0.1) is 5.92 Å². The number of oxime groups is 1. The summed E-state index contributed by atoms with van der Waals surface area (Å²) < 4.78 is 6.56. The fraction of sp³-hybridized carbons (Fsp3) is 0.957. The number of hydrogen-bond acceptors (Lipinski definition) is 6. The summed E-state index contributed by atoms with van der Waals surface area (Å²) in [7, 11) is 0. The molecular weight excluding hydrogens is 366 g/mol. The third-order valence-electron chi connectivity index (χ3n) is 7.65. The molecule has 2 bridgehead atoms. The summed E-state index contributed by atoms with van der Waals surface area (Å²) in [5.41, 5.74) is 0.556. The molecule has 0 aromatic heterocycles. The maximum Gasteiger partial charge on any atom is 0.144 e. The quantitative estimate of drug-likeness (QED) is 0.686. The van der Waals surface area contributed by atoms with E-state index in [0.717, 1.165) is 38.3 Å². The lowest BCUT2D eigenvalue weighted by atomic mass is 9.64. The first-order valence-corrected chi connectivity index (χ1v) is 11.9. The Kier molecular flexibility index (Phi) is 6.55. The van der Waals surface area contributed by atoms with Crippen LogP contribution in [-0.4, -0.2) is 83.3 Å². The minimum Gasteiger partial charge on any atom is -0.393 e. The summed E-state index contributed by atoms with van der Waals surface area (Å²) in [6.45, 7) is 12.1. The van der Waals surface area contributed by atoms with Crippen LogP contribution < -0.4 is 0 Å². The van der Waals surface area contributed by atoms with Gasteiger partial charge in [0.05, 0.1) is 11.6 Å². The number of likely N-dealkylation sites (tertiary alicyclic amines) is 2. The van der Waals surface area contributed by atoms with Crippen LogP contribution in [0.25, 0.3) is 0 Å². The number of ether oxygens (including phenoxy) is 1. The Morgan fingerprint density at radius 1 is 1.07 bits per heavy atom. The minimum atomic E-state index is -0.489. The lowest BCUT2D eigenvalue weighted by Crippen LogP contribution is -2.70. The number of fused-ring (bicyclic) bond motifs is 3. The predicted octanol–water partition coefficient (Wildman–Crippen LogP) is 3.04. The van der Waals surface area contributed by atoms with Gasteiger partial charge in [-0.15, -0.1) is 0 Å². The van der Waals surface area contributed by atoms with Crippen molar-refractivity contribution in [3.05, 3.63) is 0 Å². The number of nitrogens with zero attached hydrogens (tertiary/aromatic N) is 3. The van der Waals surface area contributed by atoms with Crippen LogP contribution in [0.1, 0.15) is 72.1 Å². The predicted molar refractivity (Wildman–Crippen MR) is 115 cm³/mol. The Balaban J connectivity index is 1.44. The highest BCUT2D eigenvalue weighted by molar-refractivity contribution is 5.98. The summed E-state index contributed by atoms with van der Waals surface area (Å²) in [6, 6.07) is 0.303. The Morgan fingerprint density at radius 3 is 2.38 bits per heavy atom. The summed E-state index contributed by atoms with van der Waals surface area (Å²) in [5.74, 6) is 0.447. The van der Waals surface area contributed by atoms with E-state index in [1.165, 1.54) is 44.9 Å². The highest BCUT2D eigenvalue weighted by atomic mass is 16.6. The van der Waals surface area contributed by atoms with Crippen molar-refractivity contribution in [1.82, 2.24) is 9.80 Å². The van der Waals surface area contributed by atoms with Crippen LogP contribution in [-0.2, 0) is 9.57 Å². The van der Waals surface area contributed by atoms with Gasteiger partial charge >= 0.3 is 0 Å². The van der Waals surface area contributed by atoms with Crippen molar-refractivity contribution < 1.29 is 14.7 Å². The lowest BCUT2D eigenvalue weighted by molar-refractivity contribution is -0.197. The van der Waals surface area contributed by atoms with Crippen LogP contribution in [0.2, 0.25) is 0 Å². The smallest absolute Gasteiger partial charge is 0.144 e. The van der Waals surface area contributed by atoms with E-state index >= 15 is 0 Å². The first kappa shape index (κ1) is 21.5. The molecule has 166 valence electrons. The normalized spacial score (nSPS) is 38.3. The van der Waals surface area contributed by atoms with Gasteiger partial charge in [-0.25, -0.2) is 0 Å². The van der Waals surface area contributed by atoms with Gasteiger partial charge < -0.3 is 19.6 Å². The van der Waals surface area contributed by atoms with E-state index in [1.54, 1.807) is 0 Å². The molecule has 1 N–H and O–H groups in total. The molecule has 0 aromatic carbocycles. The van der Waals surface area contributed by atoms with Gasteiger partial charge in [-0.1, -0.05) is 18.0 Å². The second-order valence-corrected chi connectivity index (χ2v) is 10.4. The number of rotatable bonds is 6. The van der Waals surface area contributed by atoms with Gasteiger partial charge in [-0.05, 0) is 85.5 Å². The molecule has 1 saturated carbocycles. The first-order chi connectivity index (χ1) is 13.9. The van der Waals surface area contributed by atoms with Crippen molar-refractivity contribution in [3.8, 4) is 0 Å². The zero-order valence-electron chi connectivity index (χ0n) is 18.7. The first-order valence-electron chi connectivity index (χ1n) is 11.9. The molecule has 6 heteroatoms. The van der Waals surface area contributed by atoms with E-state index in [0.29, 0.717) is 18.5 Å². The molecule has 5 aliphatic rings. The fourth-order valence-electron chi connectivity index (χ4n) is 6.17. The van der Waals surface area contributed by atoms with Gasteiger partial charge in [-0.3, -0.25) is 4.90 Å². The van der Waals surface area contributed by atoms with Crippen molar-refractivity contribution in [3.63, 3.8) is 0 Å². The van der Waals surface area contributed by atoms with E-state index in [2.05, 4.69) is 35.7 Å². The number of aliphatic hydroxyl groups is 1. The van der Waals surface area contributed by atoms with Crippen molar-refractivity contribution in [2.45, 2.75) is 95.5 Å². The lowest BCUT2D eigenvalue weighted by Gasteiger charge is -2.60. The van der Waals surface area contributed by atoms with Crippen molar-refractivity contribution in [1.29, 1.82) is 0 Å².